The Labute approximate surface area is 175 Å². The van der Waals surface area contributed by atoms with Crippen LogP contribution in [0.1, 0.15) is 21.5 Å². The Balaban J connectivity index is 1.32. The van der Waals surface area contributed by atoms with Gasteiger partial charge in [-0.05, 0) is 23.8 Å². The number of hydrogen-bond acceptors (Lipinski definition) is 4. The van der Waals surface area contributed by atoms with Gasteiger partial charge in [0.1, 0.15) is 17.0 Å². The summed E-state index contributed by atoms with van der Waals surface area (Å²) >= 11 is 6.13. The smallest absolute Gasteiger partial charge is 0.255 e. The molecule has 1 amide bonds. The summed E-state index contributed by atoms with van der Waals surface area (Å²) in [4.78, 5) is 19.0. The Bertz CT molecular complexity index is 975. The van der Waals surface area contributed by atoms with Crippen molar-refractivity contribution in [2.75, 3.05) is 13.1 Å². The van der Waals surface area contributed by atoms with Gasteiger partial charge in [-0.1, -0.05) is 60.1 Å². The van der Waals surface area contributed by atoms with Crippen molar-refractivity contribution in [3.63, 3.8) is 0 Å². The zero-order valence-corrected chi connectivity index (χ0v) is 16.7. The minimum absolute atomic E-state index is 0.0496. The van der Waals surface area contributed by atoms with E-state index in [1.165, 1.54) is 0 Å². The molecule has 0 aliphatic carbocycles. The van der Waals surface area contributed by atoms with Crippen molar-refractivity contribution < 1.29 is 9.53 Å². The number of likely N-dealkylation sites (tertiary alicyclic amines) is 1. The van der Waals surface area contributed by atoms with Gasteiger partial charge in [0.05, 0.1) is 5.56 Å². The van der Waals surface area contributed by atoms with E-state index in [1.807, 2.05) is 60.7 Å². The molecule has 3 aromatic rings. The fourth-order valence-corrected chi connectivity index (χ4v) is 3.49. The highest BCUT2D eigenvalue weighted by Gasteiger charge is 2.29. The van der Waals surface area contributed by atoms with Crippen LogP contribution >= 0.6 is 11.6 Å². The highest BCUT2D eigenvalue weighted by atomic mass is 35.5. The molecule has 0 saturated carbocycles. The lowest BCUT2D eigenvalue weighted by atomic mass is 10.1. The second kappa shape index (κ2) is 9.07. The number of amides is 1. The van der Waals surface area contributed by atoms with Crippen LogP contribution in [0, 0.1) is 0 Å². The Morgan fingerprint density at radius 3 is 2.62 bits per heavy atom. The van der Waals surface area contributed by atoms with Crippen LogP contribution in [0.4, 0.5) is 0 Å². The molecule has 2 aromatic carbocycles. The first kappa shape index (κ1) is 19.4. The van der Waals surface area contributed by atoms with Crippen molar-refractivity contribution in [1.82, 2.24) is 15.2 Å². The van der Waals surface area contributed by atoms with E-state index < -0.39 is 0 Å². The third kappa shape index (κ3) is 4.94. The zero-order chi connectivity index (χ0) is 20.1. The molecule has 0 atom stereocenters. The van der Waals surface area contributed by atoms with Gasteiger partial charge in [0, 0.05) is 37.9 Å². The fraction of sp³-hybridized carbons (Fsp3) is 0.217. The molecular weight excluding hydrogens is 386 g/mol. The van der Waals surface area contributed by atoms with E-state index in [4.69, 9.17) is 16.3 Å². The quantitative estimate of drug-likeness (QED) is 0.603. The van der Waals surface area contributed by atoms with Crippen molar-refractivity contribution in [2.45, 2.75) is 19.2 Å². The highest BCUT2D eigenvalue weighted by molar-refractivity contribution is 6.30. The van der Waals surface area contributed by atoms with E-state index in [9.17, 15) is 4.79 Å². The van der Waals surface area contributed by atoms with E-state index >= 15 is 0 Å². The van der Waals surface area contributed by atoms with Gasteiger partial charge < -0.3 is 10.1 Å². The molecule has 6 heteroatoms. The topological polar surface area (TPSA) is 54.5 Å². The molecule has 0 radical (unpaired) electrons. The Kier molecular flexibility index (Phi) is 6.08. The molecule has 0 spiro atoms. The van der Waals surface area contributed by atoms with Gasteiger partial charge in [0.15, 0.2) is 0 Å². The van der Waals surface area contributed by atoms with Crippen LogP contribution in [0.5, 0.6) is 5.75 Å². The van der Waals surface area contributed by atoms with Crippen LogP contribution in [-0.2, 0) is 13.1 Å². The normalized spacial score (nSPS) is 14.2. The van der Waals surface area contributed by atoms with E-state index in [1.54, 1.807) is 12.3 Å². The summed E-state index contributed by atoms with van der Waals surface area (Å²) in [5, 5.41) is 3.50. The van der Waals surface area contributed by atoms with Gasteiger partial charge >= 0.3 is 0 Å². The van der Waals surface area contributed by atoms with Gasteiger partial charge in [-0.25, -0.2) is 4.98 Å². The second-order valence-corrected chi connectivity index (χ2v) is 7.41. The first-order valence-corrected chi connectivity index (χ1v) is 9.96. The lowest BCUT2D eigenvalue weighted by molar-refractivity contribution is 0.0140. The average molecular weight is 408 g/mol. The molecule has 1 N–H and O–H groups in total. The summed E-state index contributed by atoms with van der Waals surface area (Å²) in [6.45, 7) is 2.79. The number of carbonyl (C=O) groups excluding carboxylic acids is 1. The first-order chi connectivity index (χ1) is 14.2. The number of ether oxygens (including phenoxy) is 1. The number of aromatic nitrogens is 1. The van der Waals surface area contributed by atoms with Crippen LogP contribution in [0.3, 0.4) is 0 Å². The first-order valence-electron chi connectivity index (χ1n) is 9.58. The lowest BCUT2D eigenvalue weighted by Crippen LogP contribution is -2.53. The van der Waals surface area contributed by atoms with Gasteiger partial charge in [-0.15, -0.1) is 0 Å². The molecular formula is C23H22ClN3O2. The highest BCUT2D eigenvalue weighted by Crippen LogP contribution is 2.24. The van der Waals surface area contributed by atoms with Crippen LogP contribution in [-0.4, -0.2) is 35.0 Å². The Hall–Kier alpha value is -2.89. The number of carbonyl (C=O) groups is 1. The largest absolute Gasteiger partial charge is 0.487 e. The van der Waals surface area contributed by atoms with Crippen molar-refractivity contribution in [1.29, 1.82) is 0 Å². The number of halogens is 1. The van der Waals surface area contributed by atoms with Crippen LogP contribution in [0.25, 0.3) is 0 Å². The number of benzene rings is 2. The summed E-state index contributed by atoms with van der Waals surface area (Å²) in [7, 11) is 0. The standard InChI is InChI=1S/C23H22ClN3O2/c24-22-18(9-6-12-25-22)14-27-15-19(16-27)29-21-11-5-4-10-20(21)23(28)26-13-17-7-2-1-3-8-17/h1-12,19H,13-16H2,(H,26,28). The molecule has 1 fully saturated rings. The zero-order valence-electron chi connectivity index (χ0n) is 15.9. The molecule has 4 rings (SSSR count). The van der Waals surface area contributed by atoms with Crippen LogP contribution in [0.15, 0.2) is 72.9 Å². The summed E-state index contributed by atoms with van der Waals surface area (Å²) in [6.07, 6.45) is 1.74. The molecule has 1 aliphatic heterocycles. The van der Waals surface area contributed by atoms with Gasteiger partial charge in [-0.3, -0.25) is 9.69 Å². The number of nitrogens with one attached hydrogen (secondary N) is 1. The summed E-state index contributed by atoms with van der Waals surface area (Å²) < 4.78 is 6.10. The fourth-order valence-electron chi connectivity index (χ4n) is 3.31. The van der Waals surface area contributed by atoms with Crippen molar-refractivity contribution >= 4 is 17.5 Å². The molecule has 2 heterocycles. The second-order valence-electron chi connectivity index (χ2n) is 7.05. The molecule has 0 unspecified atom stereocenters. The summed E-state index contributed by atoms with van der Waals surface area (Å²) in [5.74, 6) is 0.477. The maximum atomic E-state index is 12.6. The third-order valence-corrected chi connectivity index (χ3v) is 5.22. The van der Waals surface area contributed by atoms with Gasteiger partial charge in [-0.2, -0.15) is 0 Å². The van der Waals surface area contributed by atoms with Crippen LogP contribution < -0.4 is 10.1 Å². The monoisotopic (exact) mass is 407 g/mol. The molecule has 1 aromatic heterocycles. The third-order valence-electron chi connectivity index (χ3n) is 4.88. The van der Waals surface area contributed by atoms with Crippen molar-refractivity contribution in [2.24, 2.45) is 0 Å². The van der Waals surface area contributed by atoms with Crippen molar-refractivity contribution in [3.05, 3.63) is 94.8 Å². The maximum absolute atomic E-state index is 12.6. The number of hydrogen-bond donors (Lipinski definition) is 1. The van der Waals surface area contributed by atoms with Crippen LogP contribution in [0.2, 0.25) is 5.15 Å². The Morgan fingerprint density at radius 2 is 1.83 bits per heavy atom. The average Bonchev–Trinajstić information content (AvgIpc) is 2.73. The van der Waals surface area contributed by atoms with E-state index in [-0.39, 0.29) is 12.0 Å². The Morgan fingerprint density at radius 1 is 1.07 bits per heavy atom. The number of pyridine rings is 1. The number of nitrogens with zero attached hydrogens (tertiary/aromatic N) is 2. The van der Waals surface area contributed by atoms with Gasteiger partial charge in [0.2, 0.25) is 0 Å². The minimum atomic E-state index is -0.136. The predicted octanol–water partition coefficient (Wildman–Crippen LogP) is 3.93. The summed E-state index contributed by atoms with van der Waals surface area (Å²) in [6, 6.07) is 21.1. The lowest BCUT2D eigenvalue weighted by Gasteiger charge is -2.39. The predicted molar refractivity (Wildman–Crippen MR) is 113 cm³/mol. The number of para-hydroxylation sites is 1. The van der Waals surface area contributed by atoms with E-state index in [0.29, 0.717) is 23.0 Å². The molecule has 29 heavy (non-hydrogen) atoms. The molecule has 1 saturated heterocycles. The SMILES string of the molecule is O=C(NCc1ccccc1)c1ccccc1OC1CN(Cc2cccnc2Cl)C1. The van der Waals surface area contributed by atoms with E-state index in [0.717, 1.165) is 30.8 Å². The molecule has 1 aliphatic rings. The number of rotatable bonds is 7. The van der Waals surface area contributed by atoms with Crippen molar-refractivity contribution in [3.8, 4) is 5.75 Å². The maximum Gasteiger partial charge on any atom is 0.255 e. The molecule has 148 valence electrons. The molecule has 5 nitrogen and oxygen atoms in total. The van der Waals surface area contributed by atoms with Gasteiger partial charge in [0.25, 0.3) is 5.91 Å². The summed E-state index contributed by atoms with van der Waals surface area (Å²) in [5.41, 5.74) is 2.62. The van der Waals surface area contributed by atoms with E-state index in [2.05, 4.69) is 15.2 Å². The minimum Gasteiger partial charge on any atom is -0.487 e. The molecule has 0 bridgehead atoms.